The average Bonchev–Trinajstić information content (AvgIpc) is 2.62. The first-order chi connectivity index (χ1) is 12.7. The number of halogens is 3. The van der Waals surface area contributed by atoms with Gasteiger partial charge in [0.05, 0.1) is 19.3 Å². The Balaban J connectivity index is 2.32. The molecule has 0 fully saturated rings. The van der Waals surface area contributed by atoms with Crippen LogP contribution in [0, 0.1) is 0 Å². The van der Waals surface area contributed by atoms with Gasteiger partial charge in [-0.1, -0.05) is 46.9 Å². The lowest BCUT2D eigenvalue weighted by molar-refractivity contribution is -0.148. The van der Waals surface area contributed by atoms with Gasteiger partial charge in [-0.05, 0) is 19.1 Å². The number of carbonyl (C=O) groups is 3. The summed E-state index contributed by atoms with van der Waals surface area (Å²) in [6, 6.07) is 6.22. The summed E-state index contributed by atoms with van der Waals surface area (Å²) >= 11 is 17.0. The van der Waals surface area contributed by atoms with Crippen LogP contribution in [0.25, 0.3) is 5.70 Å². The number of hydrogen-bond donors (Lipinski definition) is 0. The Morgan fingerprint density at radius 2 is 1.78 bits per heavy atom. The molecule has 0 spiro atoms. The van der Waals surface area contributed by atoms with Gasteiger partial charge in [0.25, 0.3) is 5.91 Å². The van der Waals surface area contributed by atoms with Crippen molar-refractivity contribution >= 4 is 58.3 Å². The van der Waals surface area contributed by atoms with E-state index >= 15 is 0 Å². The summed E-state index contributed by atoms with van der Waals surface area (Å²) in [6.07, 6.45) is 0. The van der Waals surface area contributed by atoms with E-state index < -0.39 is 21.6 Å². The number of amides is 1. The summed E-state index contributed by atoms with van der Waals surface area (Å²) in [6.45, 7) is 1.20. The van der Waals surface area contributed by atoms with Gasteiger partial charge in [0, 0.05) is 5.56 Å². The Kier molecular flexibility index (Phi) is 6.97. The molecular weight excluding hydrogens is 421 g/mol. The second-order valence-electron chi connectivity index (χ2n) is 5.35. The molecule has 1 amide bonds. The highest BCUT2D eigenvalue weighted by Crippen LogP contribution is 2.36. The zero-order chi connectivity index (χ0) is 20.2. The van der Waals surface area contributed by atoms with Crippen molar-refractivity contribution in [3.05, 3.63) is 41.2 Å². The molecule has 146 valence electrons. The van der Waals surface area contributed by atoms with Crippen LogP contribution in [0.15, 0.2) is 30.0 Å². The third-order valence-corrected chi connectivity index (χ3v) is 3.80. The Labute approximate surface area is 170 Å². The molecule has 1 aliphatic rings. The molecule has 0 unspecified atom stereocenters. The van der Waals surface area contributed by atoms with Crippen LogP contribution in [0.2, 0.25) is 0 Å². The van der Waals surface area contributed by atoms with E-state index in [4.69, 9.17) is 44.3 Å². The van der Waals surface area contributed by atoms with Crippen molar-refractivity contribution in [2.45, 2.75) is 10.7 Å². The molecule has 0 aromatic heterocycles. The van der Waals surface area contributed by atoms with Gasteiger partial charge in [-0.25, -0.2) is 4.79 Å². The predicted octanol–water partition coefficient (Wildman–Crippen LogP) is 2.93. The van der Waals surface area contributed by atoms with Crippen molar-refractivity contribution in [1.82, 2.24) is 4.90 Å². The van der Waals surface area contributed by atoms with Crippen LogP contribution in [0.5, 0.6) is 0 Å². The number of rotatable bonds is 7. The highest BCUT2D eigenvalue weighted by molar-refractivity contribution is 6.67. The zero-order valence-corrected chi connectivity index (χ0v) is 16.7. The fourth-order valence-corrected chi connectivity index (χ4v) is 2.50. The number of ether oxygens (including phenoxy) is 3. The normalized spacial score (nSPS) is 14.0. The third kappa shape index (κ3) is 5.28. The van der Waals surface area contributed by atoms with Crippen LogP contribution in [-0.2, 0) is 23.8 Å². The first kappa shape index (κ1) is 21.3. The molecule has 0 atom stereocenters. The molecule has 7 nitrogen and oxygen atoms in total. The third-order valence-electron chi connectivity index (χ3n) is 3.48. The van der Waals surface area contributed by atoms with Crippen molar-refractivity contribution in [2.75, 3.05) is 26.9 Å². The van der Waals surface area contributed by atoms with Crippen LogP contribution in [0.4, 0.5) is 0 Å². The van der Waals surface area contributed by atoms with Crippen LogP contribution >= 0.6 is 34.8 Å². The molecule has 0 radical (unpaired) electrons. The Morgan fingerprint density at radius 1 is 1.15 bits per heavy atom. The van der Waals surface area contributed by atoms with Gasteiger partial charge in [-0.3, -0.25) is 14.5 Å². The number of carbonyl (C=O) groups excluding carboxylic acids is 3. The zero-order valence-electron chi connectivity index (χ0n) is 14.5. The van der Waals surface area contributed by atoms with Crippen LogP contribution in [0.1, 0.15) is 22.8 Å². The second-order valence-corrected chi connectivity index (χ2v) is 7.86. The predicted molar refractivity (Wildman–Crippen MR) is 99.3 cm³/mol. The largest absolute Gasteiger partial charge is 0.482 e. The van der Waals surface area contributed by atoms with Crippen LogP contribution in [-0.4, -0.2) is 53.4 Å². The van der Waals surface area contributed by atoms with E-state index in [1.165, 1.54) is 24.1 Å². The van der Waals surface area contributed by atoms with E-state index in [-0.39, 0.29) is 25.5 Å². The summed E-state index contributed by atoms with van der Waals surface area (Å²) in [4.78, 5) is 36.9. The maximum Gasteiger partial charge on any atom is 0.337 e. The number of esters is 2. The minimum absolute atomic E-state index is 0.0450. The first-order valence-electron chi connectivity index (χ1n) is 7.78. The van der Waals surface area contributed by atoms with Gasteiger partial charge in [-0.2, -0.15) is 0 Å². The molecule has 2 rings (SSSR count). The highest BCUT2D eigenvalue weighted by atomic mass is 35.6. The molecule has 10 heteroatoms. The number of methoxy groups -OCH3 is 1. The van der Waals surface area contributed by atoms with Gasteiger partial charge in [-0.15, -0.1) is 0 Å². The molecule has 1 heterocycles. The SMILES string of the molecule is CCOC(=O)CN1C(=O)C(OCC(Cl)(Cl)Cl)=C1c1ccc(C(=O)OC)cc1. The molecule has 1 aliphatic heterocycles. The Morgan fingerprint density at radius 3 is 2.30 bits per heavy atom. The fraction of sp³-hybridized carbons (Fsp3) is 0.353. The van der Waals surface area contributed by atoms with E-state index in [1.54, 1.807) is 19.1 Å². The number of hydrogen-bond acceptors (Lipinski definition) is 6. The molecule has 0 saturated heterocycles. The van der Waals surface area contributed by atoms with E-state index in [0.717, 1.165) is 0 Å². The van der Waals surface area contributed by atoms with E-state index in [1.807, 2.05) is 0 Å². The standard InChI is InChI=1S/C17H16Cl3NO6/c1-3-26-12(22)8-21-13(14(15(21)23)27-9-17(18,19)20)10-4-6-11(7-5-10)16(24)25-2/h4-7H,3,8-9H2,1-2H3. The Hall–Kier alpha value is -1.96. The summed E-state index contributed by atoms with van der Waals surface area (Å²) in [7, 11) is 1.27. The maximum atomic E-state index is 12.4. The van der Waals surface area contributed by atoms with Gasteiger partial charge in [0.1, 0.15) is 18.8 Å². The molecule has 0 aliphatic carbocycles. The van der Waals surface area contributed by atoms with Crippen LogP contribution in [0.3, 0.4) is 0 Å². The van der Waals surface area contributed by atoms with E-state index in [9.17, 15) is 14.4 Å². The van der Waals surface area contributed by atoms with E-state index in [2.05, 4.69) is 4.74 Å². The lowest BCUT2D eigenvalue weighted by atomic mass is 10.0. The molecule has 1 aromatic rings. The monoisotopic (exact) mass is 435 g/mol. The van der Waals surface area contributed by atoms with Gasteiger partial charge in [0.2, 0.25) is 9.55 Å². The highest BCUT2D eigenvalue weighted by Gasteiger charge is 2.41. The first-order valence-corrected chi connectivity index (χ1v) is 8.91. The van der Waals surface area contributed by atoms with Crippen molar-refractivity contribution in [2.24, 2.45) is 0 Å². The lowest BCUT2D eigenvalue weighted by Crippen LogP contribution is -2.45. The smallest absolute Gasteiger partial charge is 0.337 e. The van der Waals surface area contributed by atoms with Crippen molar-refractivity contribution < 1.29 is 28.6 Å². The molecule has 0 bridgehead atoms. The summed E-state index contributed by atoms with van der Waals surface area (Å²) in [5, 5.41) is 0. The Bertz CT molecular complexity index is 770. The minimum Gasteiger partial charge on any atom is -0.482 e. The summed E-state index contributed by atoms with van der Waals surface area (Å²) < 4.78 is 13.1. The second kappa shape index (κ2) is 8.82. The van der Waals surface area contributed by atoms with E-state index in [0.29, 0.717) is 16.8 Å². The van der Waals surface area contributed by atoms with Crippen LogP contribution < -0.4 is 0 Å². The van der Waals surface area contributed by atoms with Crippen molar-refractivity contribution in [1.29, 1.82) is 0 Å². The molecule has 0 N–H and O–H groups in total. The molecule has 27 heavy (non-hydrogen) atoms. The maximum absolute atomic E-state index is 12.4. The molecular formula is C17H16Cl3NO6. The fourth-order valence-electron chi connectivity index (χ4n) is 2.33. The average molecular weight is 437 g/mol. The topological polar surface area (TPSA) is 82.1 Å². The lowest BCUT2D eigenvalue weighted by Gasteiger charge is -2.35. The molecule has 0 saturated carbocycles. The van der Waals surface area contributed by atoms with Gasteiger partial charge < -0.3 is 14.2 Å². The number of benzene rings is 1. The minimum atomic E-state index is -1.71. The van der Waals surface area contributed by atoms with Gasteiger partial charge in [0.15, 0.2) is 0 Å². The quantitative estimate of drug-likeness (QED) is 0.483. The van der Waals surface area contributed by atoms with Crippen molar-refractivity contribution in [3.8, 4) is 0 Å². The summed E-state index contributed by atoms with van der Waals surface area (Å²) in [5.41, 5.74) is 1.19. The molecule has 1 aromatic carbocycles. The summed E-state index contributed by atoms with van der Waals surface area (Å²) in [5.74, 6) is -1.66. The van der Waals surface area contributed by atoms with Crippen molar-refractivity contribution in [3.63, 3.8) is 0 Å². The van der Waals surface area contributed by atoms with Gasteiger partial charge >= 0.3 is 11.9 Å². The number of nitrogens with zero attached hydrogens (tertiary/aromatic N) is 1. The number of alkyl halides is 3.